The quantitative estimate of drug-likeness (QED) is 0.403. The molecule has 2 amide bonds. The summed E-state index contributed by atoms with van der Waals surface area (Å²) >= 11 is 6.03. The Balaban J connectivity index is 1.96. The third-order valence-corrected chi connectivity index (χ3v) is 4.91. The molecule has 0 aromatic heterocycles. The van der Waals surface area contributed by atoms with Crippen LogP contribution in [-0.4, -0.2) is 54.7 Å². The second kappa shape index (κ2) is 12.3. The van der Waals surface area contributed by atoms with Gasteiger partial charge in [0, 0.05) is 7.11 Å². The minimum absolute atomic E-state index is 0.0831. The second-order valence-corrected chi connectivity index (χ2v) is 7.27. The second-order valence-electron chi connectivity index (χ2n) is 6.87. The molecule has 1 unspecified atom stereocenters. The first-order chi connectivity index (χ1) is 14.4. The van der Waals surface area contributed by atoms with E-state index >= 15 is 0 Å². The van der Waals surface area contributed by atoms with Crippen LogP contribution < -0.4 is 10.6 Å². The summed E-state index contributed by atoms with van der Waals surface area (Å²) in [6.45, 7) is -0.0831. The summed E-state index contributed by atoms with van der Waals surface area (Å²) in [5.41, 5.74) is 1.36. The molecule has 2 aromatic carbocycles. The normalized spacial score (nSPS) is 12.7. The van der Waals surface area contributed by atoms with Crippen LogP contribution in [0.1, 0.15) is 28.8 Å². The molecule has 30 heavy (non-hydrogen) atoms. The van der Waals surface area contributed by atoms with Crippen molar-refractivity contribution in [2.24, 2.45) is 0 Å². The van der Waals surface area contributed by atoms with E-state index in [1.165, 1.54) is 7.11 Å². The molecule has 160 valence electrons. The first-order valence-corrected chi connectivity index (χ1v) is 10.0. The summed E-state index contributed by atoms with van der Waals surface area (Å²) < 4.78 is 5.04. The summed E-state index contributed by atoms with van der Waals surface area (Å²) in [5.74, 6) is -1.98. The molecule has 0 saturated heterocycles. The first-order valence-electron chi connectivity index (χ1n) is 9.67. The maximum atomic E-state index is 12.7. The van der Waals surface area contributed by atoms with Crippen LogP contribution in [0.15, 0.2) is 54.6 Å². The van der Waals surface area contributed by atoms with Crippen molar-refractivity contribution in [1.29, 1.82) is 0 Å². The molecule has 9 heteroatoms. The van der Waals surface area contributed by atoms with E-state index in [-0.39, 0.29) is 17.2 Å². The van der Waals surface area contributed by atoms with E-state index in [9.17, 15) is 19.6 Å². The summed E-state index contributed by atoms with van der Waals surface area (Å²) in [4.78, 5) is 25.1. The van der Waals surface area contributed by atoms with E-state index in [4.69, 9.17) is 16.3 Å². The molecule has 0 aliphatic heterocycles. The van der Waals surface area contributed by atoms with Crippen molar-refractivity contribution in [3.8, 4) is 0 Å². The third-order valence-electron chi connectivity index (χ3n) is 4.58. The lowest BCUT2D eigenvalue weighted by molar-refractivity contribution is -0.124. The number of carbonyl (C=O) groups excluding carboxylic acids is 2. The number of aryl methyl sites for hydroxylation is 1. The highest BCUT2D eigenvalue weighted by atomic mass is 35.5. The monoisotopic (exact) mass is 432 g/mol. The number of nitrogens with one attached hydrogen (secondary N) is 2. The van der Waals surface area contributed by atoms with Crippen LogP contribution in [0.25, 0.3) is 0 Å². The van der Waals surface area contributed by atoms with Gasteiger partial charge in [-0.25, -0.2) is 0 Å². The van der Waals surface area contributed by atoms with Gasteiger partial charge in [0.05, 0.1) is 23.1 Å². The van der Waals surface area contributed by atoms with Crippen LogP contribution in [0.5, 0.6) is 0 Å². The minimum atomic E-state index is -1.73. The Morgan fingerprint density at radius 2 is 1.73 bits per heavy atom. The van der Waals surface area contributed by atoms with E-state index < -0.39 is 30.9 Å². The predicted octanol–water partition coefficient (Wildman–Crippen LogP) is 1.60. The number of amides is 2. The van der Waals surface area contributed by atoms with Crippen LogP contribution in [-0.2, 0) is 16.0 Å². The van der Waals surface area contributed by atoms with E-state index in [0.717, 1.165) is 12.0 Å². The van der Waals surface area contributed by atoms with Crippen molar-refractivity contribution in [3.05, 3.63) is 70.7 Å². The third kappa shape index (κ3) is 7.46. The molecule has 2 atom stereocenters. The van der Waals surface area contributed by atoms with Gasteiger partial charge in [-0.15, -0.1) is 0 Å². The van der Waals surface area contributed by atoms with Crippen molar-refractivity contribution >= 4 is 30.5 Å². The lowest BCUT2D eigenvalue weighted by atomic mass is 9.76. The summed E-state index contributed by atoms with van der Waals surface area (Å²) in [6.07, 6.45) is 1.74. The van der Waals surface area contributed by atoms with Crippen LogP contribution >= 0.6 is 11.6 Å². The maximum absolute atomic E-state index is 12.7. The SMILES string of the molecule is COCC(NC(=O)c1ccccc1Cl)C(=O)N[C@@H](CCCc1ccccc1)B(O)O. The van der Waals surface area contributed by atoms with Gasteiger partial charge in [0.2, 0.25) is 5.91 Å². The van der Waals surface area contributed by atoms with Crippen LogP contribution in [0.2, 0.25) is 5.02 Å². The fourth-order valence-electron chi connectivity index (χ4n) is 2.98. The van der Waals surface area contributed by atoms with E-state index in [1.807, 2.05) is 30.3 Å². The molecule has 0 bridgehead atoms. The molecule has 2 aromatic rings. The number of ether oxygens (including phenoxy) is 1. The molecule has 0 saturated carbocycles. The van der Waals surface area contributed by atoms with Gasteiger partial charge in [0.1, 0.15) is 6.04 Å². The standard InChI is InChI=1S/C21H26BClN2O5/c1-30-14-18(24-20(26)16-11-5-6-12-17(16)23)21(27)25-19(22(28)29)13-7-10-15-8-3-2-4-9-15/h2-6,8-9,11-12,18-19,28-29H,7,10,13-14H2,1H3,(H,24,26)(H,25,27)/t18?,19-/m0/s1. The predicted molar refractivity (Wildman–Crippen MR) is 116 cm³/mol. The highest BCUT2D eigenvalue weighted by Gasteiger charge is 2.29. The van der Waals surface area contributed by atoms with Crippen LogP contribution in [0.3, 0.4) is 0 Å². The Kier molecular flexibility index (Phi) is 9.83. The lowest BCUT2D eigenvalue weighted by Crippen LogP contribution is -2.55. The molecule has 0 aliphatic carbocycles. The number of carbonyl (C=O) groups is 2. The highest BCUT2D eigenvalue weighted by molar-refractivity contribution is 6.43. The Morgan fingerprint density at radius 3 is 2.37 bits per heavy atom. The fraction of sp³-hybridized carbons (Fsp3) is 0.333. The minimum Gasteiger partial charge on any atom is -0.426 e. The molecular formula is C21H26BClN2O5. The molecule has 0 radical (unpaired) electrons. The molecule has 0 spiro atoms. The summed E-state index contributed by atoms with van der Waals surface area (Å²) in [5, 5.41) is 24.8. The number of rotatable bonds is 11. The molecule has 0 heterocycles. The van der Waals surface area contributed by atoms with Gasteiger partial charge >= 0.3 is 7.12 Å². The van der Waals surface area contributed by atoms with Crippen molar-refractivity contribution in [2.45, 2.75) is 31.2 Å². The van der Waals surface area contributed by atoms with Gasteiger partial charge in [0.25, 0.3) is 5.91 Å². The van der Waals surface area contributed by atoms with Gasteiger partial charge in [-0.1, -0.05) is 54.1 Å². The van der Waals surface area contributed by atoms with Crippen molar-refractivity contribution in [3.63, 3.8) is 0 Å². The highest BCUT2D eigenvalue weighted by Crippen LogP contribution is 2.15. The van der Waals surface area contributed by atoms with Gasteiger partial charge in [-0.2, -0.15) is 0 Å². The lowest BCUT2D eigenvalue weighted by Gasteiger charge is -2.23. The fourth-order valence-corrected chi connectivity index (χ4v) is 3.20. The van der Waals surface area contributed by atoms with Crippen molar-refractivity contribution < 1.29 is 24.4 Å². The Labute approximate surface area is 181 Å². The molecule has 0 aliphatic rings. The Hall–Kier alpha value is -2.39. The van der Waals surface area contributed by atoms with Gasteiger partial charge in [-0.05, 0) is 37.0 Å². The first kappa shape index (κ1) is 23.9. The summed E-state index contributed by atoms with van der Waals surface area (Å²) in [7, 11) is -0.327. The summed E-state index contributed by atoms with van der Waals surface area (Å²) in [6, 6.07) is 15.2. The van der Waals surface area contributed by atoms with Crippen molar-refractivity contribution in [1.82, 2.24) is 10.6 Å². The largest absolute Gasteiger partial charge is 0.475 e. The van der Waals surface area contributed by atoms with E-state index in [0.29, 0.717) is 12.8 Å². The molecule has 7 nitrogen and oxygen atoms in total. The van der Waals surface area contributed by atoms with Gasteiger partial charge < -0.3 is 25.4 Å². The zero-order valence-electron chi connectivity index (χ0n) is 16.8. The number of halogens is 1. The number of hydrogen-bond acceptors (Lipinski definition) is 5. The van der Waals surface area contributed by atoms with E-state index in [2.05, 4.69) is 10.6 Å². The molecule has 2 rings (SSSR count). The molecule has 0 fully saturated rings. The van der Waals surface area contributed by atoms with Crippen LogP contribution in [0.4, 0.5) is 0 Å². The Morgan fingerprint density at radius 1 is 1.07 bits per heavy atom. The topological polar surface area (TPSA) is 108 Å². The molecular weight excluding hydrogens is 407 g/mol. The maximum Gasteiger partial charge on any atom is 0.475 e. The van der Waals surface area contributed by atoms with Crippen LogP contribution in [0, 0.1) is 0 Å². The van der Waals surface area contributed by atoms with E-state index in [1.54, 1.807) is 24.3 Å². The molecule has 4 N–H and O–H groups in total. The zero-order chi connectivity index (χ0) is 21.9. The number of methoxy groups -OCH3 is 1. The smallest absolute Gasteiger partial charge is 0.426 e. The average molecular weight is 433 g/mol. The Bertz CT molecular complexity index is 822. The number of benzene rings is 2. The van der Waals surface area contributed by atoms with Gasteiger partial charge in [-0.3, -0.25) is 9.59 Å². The average Bonchev–Trinajstić information content (AvgIpc) is 2.73. The zero-order valence-corrected chi connectivity index (χ0v) is 17.5. The number of hydrogen-bond donors (Lipinski definition) is 4. The van der Waals surface area contributed by atoms with Gasteiger partial charge in [0.15, 0.2) is 0 Å². The van der Waals surface area contributed by atoms with Crippen molar-refractivity contribution in [2.75, 3.05) is 13.7 Å².